The average molecular weight is 469 g/mol. The minimum Gasteiger partial charge on any atom is -0.497 e. The summed E-state index contributed by atoms with van der Waals surface area (Å²) in [6.45, 7) is 1.99. The van der Waals surface area contributed by atoms with Gasteiger partial charge in [-0.05, 0) is 47.9 Å². The van der Waals surface area contributed by atoms with Crippen LogP contribution in [0.5, 0.6) is 11.5 Å². The molecule has 3 aromatic carbocycles. The molecule has 7 nitrogen and oxygen atoms in total. The van der Waals surface area contributed by atoms with E-state index in [0.29, 0.717) is 18.0 Å². The molecule has 0 saturated carbocycles. The third-order valence-electron chi connectivity index (χ3n) is 5.26. The van der Waals surface area contributed by atoms with Crippen LogP contribution in [0.4, 0.5) is 5.69 Å². The molecule has 0 aromatic heterocycles. The van der Waals surface area contributed by atoms with Crippen LogP contribution in [0.1, 0.15) is 18.4 Å². The molecule has 0 radical (unpaired) electrons. The Hall–Kier alpha value is -3.52. The number of carbonyl (C=O) groups is 1. The fraction of sp³-hybridized carbons (Fsp3) is 0.240. The summed E-state index contributed by atoms with van der Waals surface area (Å²) in [6, 6.07) is 22.5. The summed E-state index contributed by atoms with van der Waals surface area (Å²) in [5, 5.41) is 2.85. The second-order valence-corrected chi connectivity index (χ2v) is 9.34. The van der Waals surface area contributed by atoms with Gasteiger partial charge in [0.05, 0.1) is 24.8 Å². The number of hydrogen-bond donors (Lipinski definition) is 1. The Kier molecular flexibility index (Phi) is 7.95. The lowest BCUT2D eigenvalue weighted by molar-refractivity contribution is -0.119. The van der Waals surface area contributed by atoms with Crippen molar-refractivity contribution >= 4 is 21.6 Å². The molecule has 0 fully saturated rings. The molecule has 8 heteroatoms. The summed E-state index contributed by atoms with van der Waals surface area (Å²) < 4.78 is 38.7. The molecule has 0 aliphatic rings. The van der Waals surface area contributed by atoms with Crippen LogP contribution in [0.3, 0.4) is 0 Å². The SMILES string of the molecule is COc1ccc(S(=O)(=O)N(CC(=O)NCC(C)c2ccccc2)c2ccccc2OC)cc1. The van der Waals surface area contributed by atoms with Gasteiger partial charge < -0.3 is 14.8 Å². The van der Waals surface area contributed by atoms with Crippen LogP contribution in [0.25, 0.3) is 0 Å². The van der Waals surface area contributed by atoms with Gasteiger partial charge in [0, 0.05) is 6.54 Å². The van der Waals surface area contributed by atoms with E-state index < -0.39 is 22.5 Å². The Morgan fingerprint density at radius 3 is 2.18 bits per heavy atom. The molecule has 1 amide bonds. The highest BCUT2D eigenvalue weighted by Crippen LogP contribution is 2.32. The number of carbonyl (C=O) groups excluding carboxylic acids is 1. The molecule has 3 aromatic rings. The highest BCUT2D eigenvalue weighted by molar-refractivity contribution is 7.92. The van der Waals surface area contributed by atoms with Gasteiger partial charge in [-0.1, -0.05) is 49.4 Å². The third kappa shape index (κ3) is 5.84. The minimum absolute atomic E-state index is 0.0414. The zero-order valence-electron chi connectivity index (χ0n) is 18.9. The lowest BCUT2D eigenvalue weighted by atomic mass is 10.0. The van der Waals surface area contributed by atoms with Gasteiger partial charge in [0.25, 0.3) is 10.0 Å². The van der Waals surface area contributed by atoms with Crippen molar-refractivity contribution in [2.75, 3.05) is 31.6 Å². The first-order valence-corrected chi connectivity index (χ1v) is 11.9. The van der Waals surface area contributed by atoms with Gasteiger partial charge in [-0.25, -0.2) is 8.42 Å². The van der Waals surface area contributed by atoms with E-state index in [1.54, 1.807) is 36.4 Å². The van der Waals surface area contributed by atoms with Crippen molar-refractivity contribution < 1.29 is 22.7 Å². The largest absolute Gasteiger partial charge is 0.497 e. The Labute approximate surface area is 195 Å². The van der Waals surface area contributed by atoms with Gasteiger partial charge in [-0.2, -0.15) is 0 Å². The van der Waals surface area contributed by atoms with Gasteiger partial charge in [-0.3, -0.25) is 9.10 Å². The van der Waals surface area contributed by atoms with E-state index in [4.69, 9.17) is 9.47 Å². The van der Waals surface area contributed by atoms with Gasteiger partial charge in [0.15, 0.2) is 0 Å². The van der Waals surface area contributed by atoms with Gasteiger partial charge in [-0.15, -0.1) is 0 Å². The molecule has 3 rings (SSSR count). The number of ether oxygens (including phenoxy) is 2. The van der Waals surface area contributed by atoms with Crippen molar-refractivity contribution in [1.29, 1.82) is 0 Å². The molecule has 1 N–H and O–H groups in total. The van der Waals surface area contributed by atoms with E-state index in [1.807, 2.05) is 37.3 Å². The predicted octanol–water partition coefficient (Wildman–Crippen LogP) is 3.82. The number of sulfonamides is 1. The lowest BCUT2D eigenvalue weighted by Crippen LogP contribution is -2.42. The second kappa shape index (κ2) is 10.9. The first kappa shape index (κ1) is 24.1. The molecule has 0 bridgehead atoms. The first-order valence-electron chi connectivity index (χ1n) is 10.5. The van der Waals surface area contributed by atoms with E-state index in [9.17, 15) is 13.2 Å². The van der Waals surface area contributed by atoms with E-state index in [-0.39, 0.29) is 16.5 Å². The minimum atomic E-state index is -4.06. The number of para-hydroxylation sites is 2. The topological polar surface area (TPSA) is 84.9 Å². The van der Waals surface area contributed by atoms with E-state index in [2.05, 4.69) is 5.32 Å². The Morgan fingerprint density at radius 1 is 0.909 bits per heavy atom. The quantitative estimate of drug-likeness (QED) is 0.489. The van der Waals surface area contributed by atoms with Crippen LogP contribution in [-0.4, -0.2) is 41.6 Å². The van der Waals surface area contributed by atoms with Gasteiger partial charge >= 0.3 is 0 Å². The van der Waals surface area contributed by atoms with Crippen LogP contribution < -0.4 is 19.1 Å². The lowest BCUT2D eigenvalue weighted by Gasteiger charge is -2.26. The monoisotopic (exact) mass is 468 g/mol. The number of rotatable bonds is 10. The van der Waals surface area contributed by atoms with E-state index in [0.717, 1.165) is 9.87 Å². The molecule has 0 aliphatic carbocycles. The molecule has 0 saturated heterocycles. The van der Waals surface area contributed by atoms with Gasteiger partial charge in [0.1, 0.15) is 18.0 Å². The highest BCUT2D eigenvalue weighted by atomic mass is 32.2. The maximum absolute atomic E-state index is 13.5. The smallest absolute Gasteiger partial charge is 0.264 e. The van der Waals surface area contributed by atoms with E-state index >= 15 is 0 Å². The Bertz CT molecular complexity index is 1160. The van der Waals surface area contributed by atoms with Crippen molar-refractivity contribution in [3.63, 3.8) is 0 Å². The van der Waals surface area contributed by atoms with Crippen molar-refractivity contribution in [2.45, 2.75) is 17.7 Å². The van der Waals surface area contributed by atoms with Crippen molar-refractivity contribution in [1.82, 2.24) is 5.32 Å². The standard InChI is InChI=1S/C25H28N2O5S/c1-19(20-9-5-4-6-10-20)17-26-25(28)18-27(23-11-7-8-12-24(23)32-3)33(29,30)22-15-13-21(31-2)14-16-22/h4-16,19H,17-18H2,1-3H3,(H,26,28). The number of nitrogens with zero attached hydrogens (tertiary/aromatic N) is 1. The molecular weight excluding hydrogens is 440 g/mol. The van der Waals surface area contributed by atoms with Crippen LogP contribution in [0.15, 0.2) is 83.8 Å². The average Bonchev–Trinajstić information content (AvgIpc) is 2.86. The maximum atomic E-state index is 13.5. The summed E-state index contributed by atoms with van der Waals surface area (Å²) in [5.41, 5.74) is 1.37. The molecule has 1 unspecified atom stereocenters. The fourth-order valence-corrected chi connectivity index (χ4v) is 4.79. The number of amides is 1. The first-order chi connectivity index (χ1) is 15.9. The number of hydrogen-bond acceptors (Lipinski definition) is 5. The molecule has 174 valence electrons. The number of methoxy groups -OCH3 is 2. The summed E-state index contributed by atoms with van der Waals surface area (Å²) in [4.78, 5) is 12.9. The Morgan fingerprint density at radius 2 is 1.55 bits per heavy atom. The fourth-order valence-electron chi connectivity index (χ4n) is 3.36. The summed E-state index contributed by atoms with van der Waals surface area (Å²) >= 11 is 0. The number of nitrogens with one attached hydrogen (secondary N) is 1. The zero-order valence-corrected chi connectivity index (χ0v) is 19.7. The Balaban J connectivity index is 1.86. The maximum Gasteiger partial charge on any atom is 0.264 e. The van der Waals surface area contributed by atoms with Crippen LogP contribution in [-0.2, 0) is 14.8 Å². The van der Waals surface area contributed by atoms with Crippen LogP contribution in [0, 0.1) is 0 Å². The molecule has 0 aliphatic heterocycles. The summed E-state index contributed by atoms with van der Waals surface area (Å²) in [6.07, 6.45) is 0. The summed E-state index contributed by atoms with van der Waals surface area (Å²) in [5.74, 6) is 0.541. The van der Waals surface area contributed by atoms with Crippen LogP contribution >= 0.6 is 0 Å². The summed E-state index contributed by atoms with van der Waals surface area (Å²) in [7, 11) is -1.10. The molecular formula is C25H28N2O5S. The highest BCUT2D eigenvalue weighted by Gasteiger charge is 2.29. The van der Waals surface area contributed by atoms with Crippen molar-refractivity contribution in [3.05, 3.63) is 84.4 Å². The molecule has 0 heterocycles. The number of anilines is 1. The normalized spacial score (nSPS) is 12.0. The number of benzene rings is 3. The van der Waals surface area contributed by atoms with Crippen molar-refractivity contribution in [3.8, 4) is 11.5 Å². The van der Waals surface area contributed by atoms with Crippen LogP contribution in [0.2, 0.25) is 0 Å². The van der Waals surface area contributed by atoms with E-state index in [1.165, 1.54) is 26.4 Å². The second-order valence-electron chi connectivity index (χ2n) is 7.47. The molecule has 1 atom stereocenters. The predicted molar refractivity (Wildman–Crippen MR) is 128 cm³/mol. The van der Waals surface area contributed by atoms with Crippen molar-refractivity contribution in [2.24, 2.45) is 0 Å². The van der Waals surface area contributed by atoms with Gasteiger partial charge in [0.2, 0.25) is 5.91 Å². The zero-order chi connectivity index (χ0) is 23.8. The molecule has 0 spiro atoms. The third-order valence-corrected chi connectivity index (χ3v) is 7.04. The molecule has 33 heavy (non-hydrogen) atoms.